The lowest BCUT2D eigenvalue weighted by Crippen LogP contribution is -2.38. The fourth-order valence-electron chi connectivity index (χ4n) is 2.54. The van der Waals surface area contributed by atoms with Crippen LogP contribution in [0.1, 0.15) is 51.5 Å². The minimum absolute atomic E-state index is 0.175. The normalized spacial score (nSPS) is 14.3. The summed E-state index contributed by atoms with van der Waals surface area (Å²) >= 11 is 0. The Morgan fingerprint density at radius 1 is 1.32 bits per heavy atom. The molecule has 19 heavy (non-hydrogen) atoms. The van der Waals surface area contributed by atoms with Crippen LogP contribution in [0.2, 0.25) is 0 Å². The molecule has 0 spiro atoms. The SMILES string of the molecule is CCCCC(CC)CC(Cc1cccc(F)c1)NN. The Morgan fingerprint density at radius 3 is 2.68 bits per heavy atom. The molecule has 2 atom stereocenters. The predicted molar refractivity (Wildman–Crippen MR) is 79.1 cm³/mol. The van der Waals surface area contributed by atoms with E-state index in [-0.39, 0.29) is 11.9 Å². The third kappa shape index (κ3) is 6.17. The van der Waals surface area contributed by atoms with E-state index in [0.29, 0.717) is 5.92 Å². The summed E-state index contributed by atoms with van der Waals surface area (Å²) < 4.78 is 13.2. The largest absolute Gasteiger partial charge is 0.271 e. The lowest BCUT2D eigenvalue weighted by molar-refractivity contribution is 0.349. The first-order valence-electron chi connectivity index (χ1n) is 7.40. The summed E-state index contributed by atoms with van der Waals surface area (Å²) in [6, 6.07) is 7.01. The van der Waals surface area contributed by atoms with Gasteiger partial charge in [0.25, 0.3) is 0 Å². The van der Waals surface area contributed by atoms with Crippen molar-refractivity contribution in [3.63, 3.8) is 0 Å². The Morgan fingerprint density at radius 2 is 2.11 bits per heavy atom. The van der Waals surface area contributed by atoms with Crippen molar-refractivity contribution in [2.75, 3.05) is 0 Å². The molecular formula is C16H27FN2. The van der Waals surface area contributed by atoms with Gasteiger partial charge in [0.2, 0.25) is 0 Å². The smallest absolute Gasteiger partial charge is 0.123 e. The van der Waals surface area contributed by atoms with E-state index in [1.54, 1.807) is 12.1 Å². The van der Waals surface area contributed by atoms with E-state index in [1.165, 1.54) is 31.7 Å². The highest BCUT2D eigenvalue weighted by Crippen LogP contribution is 2.20. The number of halogens is 1. The topological polar surface area (TPSA) is 38.0 Å². The monoisotopic (exact) mass is 266 g/mol. The van der Waals surface area contributed by atoms with Gasteiger partial charge in [-0.1, -0.05) is 51.7 Å². The van der Waals surface area contributed by atoms with E-state index in [1.807, 2.05) is 6.07 Å². The summed E-state index contributed by atoms with van der Waals surface area (Å²) in [4.78, 5) is 0. The fourth-order valence-corrected chi connectivity index (χ4v) is 2.54. The van der Waals surface area contributed by atoms with Crippen molar-refractivity contribution in [3.05, 3.63) is 35.6 Å². The van der Waals surface area contributed by atoms with Gasteiger partial charge in [-0.15, -0.1) is 0 Å². The molecule has 0 saturated heterocycles. The van der Waals surface area contributed by atoms with Crippen molar-refractivity contribution in [3.8, 4) is 0 Å². The van der Waals surface area contributed by atoms with Gasteiger partial charge in [0.1, 0.15) is 5.82 Å². The minimum atomic E-state index is -0.175. The van der Waals surface area contributed by atoms with Gasteiger partial charge in [0, 0.05) is 6.04 Å². The molecule has 0 aliphatic rings. The highest BCUT2D eigenvalue weighted by atomic mass is 19.1. The minimum Gasteiger partial charge on any atom is -0.271 e. The lowest BCUT2D eigenvalue weighted by atomic mass is 9.90. The molecule has 0 aliphatic heterocycles. The number of nitrogens with one attached hydrogen (secondary N) is 1. The van der Waals surface area contributed by atoms with E-state index in [9.17, 15) is 4.39 Å². The van der Waals surface area contributed by atoms with Gasteiger partial charge in [-0.05, 0) is 36.5 Å². The molecule has 1 aromatic carbocycles. The molecule has 0 heterocycles. The molecule has 2 nitrogen and oxygen atoms in total. The van der Waals surface area contributed by atoms with Crippen molar-refractivity contribution in [1.82, 2.24) is 5.43 Å². The van der Waals surface area contributed by atoms with E-state index in [2.05, 4.69) is 19.3 Å². The second-order valence-corrected chi connectivity index (χ2v) is 5.35. The number of hydrogen-bond acceptors (Lipinski definition) is 2. The second kappa shape index (κ2) is 9.05. The molecular weight excluding hydrogens is 239 g/mol. The molecule has 0 aliphatic carbocycles. The molecule has 1 rings (SSSR count). The summed E-state index contributed by atoms with van der Waals surface area (Å²) in [7, 11) is 0. The number of unbranched alkanes of at least 4 members (excludes halogenated alkanes) is 1. The third-order valence-corrected chi connectivity index (χ3v) is 3.77. The summed E-state index contributed by atoms with van der Waals surface area (Å²) in [5, 5.41) is 0. The third-order valence-electron chi connectivity index (χ3n) is 3.77. The van der Waals surface area contributed by atoms with Crippen LogP contribution < -0.4 is 11.3 Å². The molecule has 0 bridgehead atoms. The van der Waals surface area contributed by atoms with Crippen LogP contribution in [0.3, 0.4) is 0 Å². The van der Waals surface area contributed by atoms with Crippen LogP contribution in [0.4, 0.5) is 4.39 Å². The standard InChI is InChI=1S/C16H27FN2/c1-3-5-7-13(4-2)11-16(19-18)12-14-8-6-9-15(17)10-14/h6,8-10,13,16,19H,3-5,7,11-12,18H2,1-2H3. The fraction of sp³-hybridized carbons (Fsp3) is 0.625. The van der Waals surface area contributed by atoms with Crippen molar-refractivity contribution in [2.24, 2.45) is 11.8 Å². The number of hydrazine groups is 1. The summed E-state index contributed by atoms with van der Waals surface area (Å²) in [5.41, 5.74) is 3.90. The Bertz CT molecular complexity index is 354. The van der Waals surface area contributed by atoms with Gasteiger partial charge in [-0.3, -0.25) is 11.3 Å². The molecule has 3 N–H and O–H groups in total. The summed E-state index contributed by atoms with van der Waals surface area (Å²) in [6.45, 7) is 4.45. The lowest BCUT2D eigenvalue weighted by Gasteiger charge is -2.22. The number of benzene rings is 1. The van der Waals surface area contributed by atoms with Crippen molar-refractivity contribution >= 4 is 0 Å². The molecule has 108 valence electrons. The Labute approximate surface area is 116 Å². The van der Waals surface area contributed by atoms with E-state index in [4.69, 9.17) is 5.84 Å². The number of rotatable bonds is 9. The van der Waals surface area contributed by atoms with Crippen LogP contribution in [0.25, 0.3) is 0 Å². The second-order valence-electron chi connectivity index (χ2n) is 5.35. The first-order chi connectivity index (χ1) is 9.19. The van der Waals surface area contributed by atoms with Crippen LogP contribution >= 0.6 is 0 Å². The van der Waals surface area contributed by atoms with Gasteiger partial charge in [0.05, 0.1) is 0 Å². The molecule has 0 radical (unpaired) electrons. The maximum absolute atomic E-state index is 13.2. The van der Waals surface area contributed by atoms with Crippen molar-refractivity contribution in [2.45, 2.75) is 58.4 Å². The number of hydrogen-bond donors (Lipinski definition) is 2. The van der Waals surface area contributed by atoms with E-state index in [0.717, 1.165) is 18.4 Å². The van der Waals surface area contributed by atoms with Crippen LogP contribution in [0, 0.1) is 11.7 Å². The average molecular weight is 266 g/mol. The average Bonchev–Trinajstić information content (AvgIpc) is 2.42. The van der Waals surface area contributed by atoms with Gasteiger partial charge in [0.15, 0.2) is 0 Å². The quantitative estimate of drug-likeness (QED) is 0.527. The molecule has 2 unspecified atom stereocenters. The highest BCUT2D eigenvalue weighted by molar-refractivity contribution is 5.17. The van der Waals surface area contributed by atoms with E-state index >= 15 is 0 Å². The number of nitrogens with two attached hydrogens (primary N) is 1. The molecule has 1 aromatic rings. The Kier molecular flexibility index (Phi) is 7.68. The van der Waals surface area contributed by atoms with Gasteiger partial charge < -0.3 is 0 Å². The summed E-state index contributed by atoms with van der Waals surface area (Å²) in [5.74, 6) is 6.18. The van der Waals surface area contributed by atoms with E-state index < -0.39 is 0 Å². The van der Waals surface area contributed by atoms with Crippen molar-refractivity contribution in [1.29, 1.82) is 0 Å². The zero-order chi connectivity index (χ0) is 14.1. The maximum Gasteiger partial charge on any atom is 0.123 e. The van der Waals surface area contributed by atoms with Gasteiger partial charge >= 0.3 is 0 Å². The van der Waals surface area contributed by atoms with Crippen LogP contribution in [0.15, 0.2) is 24.3 Å². The van der Waals surface area contributed by atoms with Crippen LogP contribution in [-0.2, 0) is 6.42 Å². The van der Waals surface area contributed by atoms with Crippen LogP contribution in [-0.4, -0.2) is 6.04 Å². The maximum atomic E-state index is 13.2. The predicted octanol–water partition coefficient (Wildman–Crippen LogP) is 3.81. The molecule has 0 aromatic heterocycles. The molecule has 3 heteroatoms. The zero-order valence-corrected chi connectivity index (χ0v) is 12.2. The first kappa shape index (κ1) is 16.1. The molecule has 0 fully saturated rings. The van der Waals surface area contributed by atoms with Gasteiger partial charge in [-0.25, -0.2) is 4.39 Å². The zero-order valence-electron chi connectivity index (χ0n) is 12.2. The molecule has 0 amide bonds. The molecule has 0 saturated carbocycles. The highest BCUT2D eigenvalue weighted by Gasteiger charge is 2.14. The Hall–Kier alpha value is -0.930. The van der Waals surface area contributed by atoms with Crippen molar-refractivity contribution < 1.29 is 4.39 Å². The van der Waals surface area contributed by atoms with Crippen LogP contribution in [0.5, 0.6) is 0 Å². The first-order valence-corrected chi connectivity index (χ1v) is 7.40. The van der Waals surface area contributed by atoms with Gasteiger partial charge in [-0.2, -0.15) is 0 Å². The Balaban J connectivity index is 2.52. The summed E-state index contributed by atoms with van der Waals surface area (Å²) in [6.07, 6.45) is 6.80.